The molecule has 2 rings (SSSR count). The molecule has 0 saturated carbocycles. The summed E-state index contributed by atoms with van der Waals surface area (Å²) in [5, 5.41) is 3.33. The Labute approximate surface area is 116 Å². The minimum Gasteiger partial charge on any atom is -0.336 e. The number of rotatable bonds is 3. The summed E-state index contributed by atoms with van der Waals surface area (Å²) in [4.78, 5) is 32.3. The largest absolute Gasteiger partial charge is 0.336 e. The SMILES string of the molecule is CC(C)NC(=O)N(C)Cc1nc2ccccc2c(=O)[nH]1. The Morgan fingerprint density at radius 3 is 2.80 bits per heavy atom. The third-order valence-corrected chi connectivity index (χ3v) is 2.81. The highest BCUT2D eigenvalue weighted by molar-refractivity contribution is 5.77. The monoisotopic (exact) mass is 274 g/mol. The van der Waals surface area contributed by atoms with Crippen LogP contribution in [-0.4, -0.2) is 34.0 Å². The Hall–Kier alpha value is -2.37. The molecule has 2 N–H and O–H groups in total. The molecule has 0 unspecified atom stereocenters. The van der Waals surface area contributed by atoms with E-state index in [1.807, 2.05) is 19.9 Å². The highest BCUT2D eigenvalue weighted by atomic mass is 16.2. The van der Waals surface area contributed by atoms with Crippen molar-refractivity contribution in [3.63, 3.8) is 0 Å². The van der Waals surface area contributed by atoms with Crippen LogP contribution in [0.5, 0.6) is 0 Å². The van der Waals surface area contributed by atoms with Gasteiger partial charge in [0, 0.05) is 13.1 Å². The number of fused-ring (bicyclic) bond motifs is 1. The Kier molecular flexibility index (Phi) is 4.02. The number of para-hydroxylation sites is 1. The van der Waals surface area contributed by atoms with Crippen LogP contribution in [0.1, 0.15) is 19.7 Å². The second kappa shape index (κ2) is 5.73. The number of aromatic amines is 1. The van der Waals surface area contributed by atoms with Gasteiger partial charge in [0.25, 0.3) is 5.56 Å². The number of carbonyl (C=O) groups excluding carboxylic acids is 1. The molecule has 2 amide bonds. The van der Waals surface area contributed by atoms with Gasteiger partial charge < -0.3 is 15.2 Å². The number of nitrogens with zero attached hydrogens (tertiary/aromatic N) is 2. The fourth-order valence-electron chi connectivity index (χ4n) is 1.86. The fraction of sp³-hybridized carbons (Fsp3) is 0.357. The molecule has 0 fully saturated rings. The number of hydrogen-bond donors (Lipinski definition) is 2. The van der Waals surface area contributed by atoms with Crippen molar-refractivity contribution in [1.29, 1.82) is 0 Å². The zero-order valence-electron chi connectivity index (χ0n) is 11.8. The molecule has 1 aromatic carbocycles. The molecule has 0 aliphatic heterocycles. The summed E-state index contributed by atoms with van der Waals surface area (Å²) in [7, 11) is 1.66. The minimum atomic E-state index is -0.198. The maximum absolute atomic E-state index is 11.9. The van der Waals surface area contributed by atoms with Gasteiger partial charge in [-0.15, -0.1) is 0 Å². The van der Waals surface area contributed by atoms with E-state index in [4.69, 9.17) is 0 Å². The lowest BCUT2D eigenvalue weighted by Gasteiger charge is -2.19. The molecular weight excluding hydrogens is 256 g/mol. The van der Waals surface area contributed by atoms with Crippen LogP contribution in [0.15, 0.2) is 29.1 Å². The summed E-state index contributed by atoms with van der Waals surface area (Å²) in [6, 6.07) is 6.99. The van der Waals surface area contributed by atoms with E-state index in [0.29, 0.717) is 16.7 Å². The van der Waals surface area contributed by atoms with Gasteiger partial charge in [-0.1, -0.05) is 12.1 Å². The topological polar surface area (TPSA) is 78.1 Å². The van der Waals surface area contributed by atoms with E-state index in [2.05, 4.69) is 15.3 Å². The van der Waals surface area contributed by atoms with Gasteiger partial charge in [0.1, 0.15) is 5.82 Å². The van der Waals surface area contributed by atoms with E-state index in [9.17, 15) is 9.59 Å². The number of nitrogens with one attached hydrogen (secondary N) is 2. The van der Waals surface area contributed by atoms with Gasteiger partial charge in [-0.3, -0.25) is 4.79 Å². The predicted octanol–water partition coefficient (Wildman–Crippen LogP) is 1.47. The van der Waals surface area contributed by atoms with Crippen LogP contribution in [-0.2, 0) is 6.54 Å². The third-order valence-electron chi connectivity index (χ3n) is 2.81. The van der Waals surface area contributed by atoms with E-state index < -0.39 is 0 Å². The average molecular weight is 274 g/mol. The third kappa shape index (κ3) is 3.14. The van der Waals surface area contributed by atoms with Gasteiger partial charge in [0.05, 0.1) is 17.4 Å². The molecule has 0 aliphatic carbocycles. The Balaban J connectivity index is 2.22. The number of amides is 2. The van der Waals surface area contributed by atoms with Crippen LogP contribution in [0.4, 0.5) is 4.79 Å². The van der Waals surface area contributed by atoms with Crippen molar-refractivity contribution in [3.8, 4) is 0 Å². The molecule has 0 spiro atoms. The van der Waals surface area contributed by atoms with Crippen LogP contribution in [0, 0.1) is 0 Å². The lowest BCUT2D eigenvalue weighted by atomic mass is 10.2. The summed E-state index contributed by atoms with van der Waals surface area (Å²) in [6.45, 7) is 4.03. The number of hydrogen-bond acceptors (Lipinski definition) is 3. The Bertz CT molecular complexity index is 678. The maximum Gasteiger partial charge on any atom is 0.317 e. The molecule has 0 saturated heterocycles. The van der Waals surface area contributed by atoms with E-state index in [-0.39, 0.29) is 24.2 Å². The van der Waals surface area contributed by atoms with Gasteiger partial charge in [0.15, 0.2) is 0 Å². The van der Waals surface area contributed by atoms with Crippen LogP contribution in [0.2, 0.25) is 0 Å². The van der Waals surface area contributed by atoms with Crippen molar-refractivity contribution < 1.29 is 4.79 Å². The summed E-state index contributed by atoms with van der Waals surface area (Å²) in [5.41, 5.74) is 0.437. The lowest BCUT2D eigenvalue weighted by Crippen LogP contribution is -2.40. The van der Waals surface area contributed by atoms with Gasteiger partial charge in [0.2, 0.25) is 0 Å². The molecular formula is C14H18N4O2. The number of benzene rings is 1. The van der Waals surface area contributed by atoms with Gasteiger partial charge in [-0.05, 0) is 26.0 Å². The van der Waals surface area contributed by atoms with Crippen molar-refractivity contribution in [2.75, 3.05) is 7.05 Å². The van der Waals surface area contributed by atoms with Gasteiger partial charge in [-0.25, -0.2) is 9.78 Å². The normalized spacial score (nSPS) is 10.8. The zero-order chi connectivity index (χ0) is 14.7. The van der Waals surface area contributed by atoms with E-state index in [1.54, 1.807) is 25.2 Å². The molecule has 6 heteroatoms. The second-order valence-electron chi connectivity index (χ2n) is 4.99. The first-order valence-electron chi connectivity index (χ1n) is 6.47. The van der Waals surface area contributed by atoms with Crippen LogP contribution in [0.25, 0.3) is 10.9 Å². The molecule has 1 heterocycles. The standard InChI is InChI=1S/C14H18N4O2/c1-9(2)15-14(20)18(3)8-12-16-11-7-5-4-6-10(11)13(19)17-12/h4-7,9H,8H2,1-3H3,(H,15,20)(H,16,17,19). The quantitative estimate of drug-likeness (QED) is 0.889. The Morgan fingerprint density at radius 2 is 2.10 bits per heavy atom. The van der Waals surface area contributed by atoms with Crippen molar-refractivity contribution in [2.45, 2.75) is 26.4 Å². The predicted molar refractivity (Wildman–Crippen MR) is 77.5 cm³/mol. The molecule has 0 bridgehead atoms. The summed E-state index contributed by atoms with van der Waals surface area (Å²) < 4.78 is 0. The van der Waals surface area contributed by atoms with Crippen LogP contribution in [0.3, 0.4) is 0 Å². The lowest BCUT2D eigenvalue weighted by molar-refractivity contribution is 0.203. The van der Waals surface area contributed by atoms with Gasteiger partial charge in [-0.2, -0.15) is 0 Å². The first-order chi connectivity index (χ1) is 9.47. The van der Waals surface area contributed by atoms with Crippen molar-refractivity contribution in [2.24, 2.45) is 0 Å². The molecule has 2 aromatic rings. The summed E-state index contributed by atoms with van der Waals surface area (Å²) >= 11 is 0. The average Bonchev–Trinajstić information content (AvgIpc) is 2.38. The van der Waals surface area contributed by atoms with E-state index >= 15 is 0 Å². The van der Waals surface area contributed by atoms with Crippen molar-refractivity contribution in [3.05, 3.63) is 40.4 Å². The zero-order valence-corrected chi connectivity index (χ0v) is 11.8. The smallest absolute Gasteiger partial charge is 0.317 e. The first kappa shape index (κ1) is 14.0. The second-order valence-corrected chi connectivity index (χ2v) is 4.99. The number of carbonyl (C=O) groups is 1. The number of H-pyrrole nitrogens is 1. The first-order valence-corrected chi connectivity index (χ1v) is 6.47. The molecule has 0 atom stereocenters. The fourth-order valence-corrected chi connectivity index (χ4v) is 1.86. The van der Waals surface area contributed by atoms with Crippen LogP contribution < -0.4 is 10.9 Å². The minimum absolute atomic E-state index is 0.0635. The van der Waals surface area contributed by atoms with E-state index in [0.717, 1.165) is 0 Å². The van der Waals surface area contributed by atoms with Gasteiger partial charge >= 0.3 is 6.03 Å². The highest BCUT2D eigenvalue weighted by Crippen LogP contribution is 2.06. The van der Waals surface area contributed by atoms with Crippen LogP contribution >= 0.6 is 0 Å². The Morgan fingerprint density at radius 1 is 1.40 bits per heavy atom. The molecule has 0 radical (unpaired) electrons. The number of urea groups is 1. The summed E-state index contributed by atoms with van der Waals surface area (Å²) in [6.07, 6.45) is 0. The molecule has 106 valence electrons. The van der Waals surface area contributed by atoms with Crippen molar-refractivity contribution in [1.82, 2.24) is 20.2 Å². The molecule has 1 aromatic heterocycles. The summed E-state index contributed by atoms with van der Waals surface area (Å²) in [5.74, 6) is 0.468. The molecule has 6 nitrogen and oxygen atoms in total. The number of aromatic nitrogens is 2. The maximum atomic E-state index is 11.9. The molecule has 20 heavy (non-hydrogen) atoms. The molecule has 0 aliphatic rings. The van der Waals surface area contributed by atoms with Crippen molar-refractivity contribution >= 4 is 16.9 Å². The van der Waals surface area contributed by atoms with E-state index in [1.165, 1.54) is 4.90 Å². The highest BCUT2D eigenvalue weighted by Gasteiger charge is 2.12.